The number of aliphatic imine (C=N–C) groups is 1. The molecule has 0 aliphatic carbocycles. The number of nitrogens with zero attached hydrogens (tertiary/aromatic N) is 2. The van der Waals surface area contributed by atoms with Gasteiger partial charge >= 0.3 is 0 Å². The fourth-order valence-corrected chi connectivity index (χ4v) is 3.92. The van der Waals surface area contributed by atoms with Crippen LogP contribution in [0.4, 0.5) is 0 Å². The summed E-state index contributed by atoms with van der Waals surface area (Å²) in [4.78, 5) is 7.01. The van der Waals surface area contributed by atoms with E-state index in [9.17, 15) is 8.42 Å². The summed E-state index contributed by atoms with van der Waals surface area (Å²) < 4.78 is 26.7. The molecule has 0 bridgehead atoms. The first-order valence-corrected chi connectivity index (χ1v) is 9.41. The van der Waals surface area contributed by atoms with Gasteiger partial charge in [-0.25, -0.2) is 8.42 Å². The first-order chi connectivity index (χ1) is 11.5. The molecule has 0 saturated heterocycles. The van der Waals surface area contributed by atoms with Gasteiger partial charge in [-0.15, -0.1) is 0 Å². The summed E-state index contributed by atoms with van der Waals surface area (Å²) >= 11 is 0. The number of amidine groups is 1. The highest BCUT2D eigenvalue weighted by Crippen LogP contribution is 2.22. The minimum Gasteiger partial charge on any atom is -0.302 e. The minimum absolute atomic E-state index is 0.294. The highest BCUT2D eigenvalue weighted by molar-refractivity contribution is 7.90. The maximum Gasteiger partial charge on any atom is 0.263 e. The molecule has 2 aromatic rings. The molecule has 24 heavy (non-hydrogen) atoms. The summed E-state index contributed by atoms with van der Waals surface area (Å²) in [6.07, 6.45) is 0. The molecule has 1 aliphatic rings. The molecule has 0 amide bonds. The average molecular weight is 343 g/mol. The molecule has 0 fully saturated rings. The lowest BCUT2D eigenvalue weighted by Gasteiger charge is -2.14. The minimum atomic E-state index is -3.47. The Morgan fingerprint density at radius 1 is 1.08 bits per heavy atom. The second-order valence-electron chi connectivity index (χ2n) is 5.92. The van der Waals surface area contributed by atoms with Gasteiger partial charge in [0.25, 0.3) is 10.0 Å². The molecule has 1 heterocycles. The summed E-state index contributed by atoms with van der Waals surface area (Å²) in [5.74, 6) is 0.418. The van der Waals surface area contributed by atoms with Gasteiger partial charge in [0, 0.05) is 12.1 Å². The number of sulfonamides is 1. The average Bonchev–Trinajstić information content (AvgIpc) is 2.84. The fraction of sp³-hybridized carbons (Fsp3) is 0.278. The summed E-state index contributed by atoms with van der Waals surface area (Å²) in [6.45, 7) is 4.44. The van der Waals surface area contributed by atoms with E-state index >= 15 is 0 Å². The summed E-state index contributed by atoms with van der Waals surface area (Å²) in [6, 6.07) is 15.1. The lowest BCUT2D eigenvalue weighted by molar-refractivity contribution is 0.345. The van der Waals surface area contributed by atoms with Gasteiger partial charge in [0.05, 0.1) is 11.4 Å². The van der Waals surface area contributed by atoms with Crippen molar-refractivity contribution in [2.75, 3.05) is 13.6 Å². The Bertz CT molecular complexity index is 875. The largest absolute Gasteiger partial charge is 0.302 e. The van der Waals surface area contributed by atoms with Crippen LogP contribution in [0.5, 0.6) is 0 Å². The molecule has 0 saturated carbocycles. The van der Waals surface area contributed by atoms with Gasteiger partial charge in [-0.2, -0.15) is 0 Å². The smallest absolute Gasteiger partial charge is 0.263 e. The molecule has 0 aromatic heterocycles. The van der Waals surface area contributed by atoms with Crippen molar-refractivity contribution < 1.29 is 8.42 Å². The van der Waals surface area contributed by atoms with E-state index in [4.69, 9.17) is 0 Å². The van der Waals surface area contributed by atoms with E-state index in [2.05, 4.69) is 40.7 Å². The Balaban J connectivity index is 1.81. The molecular formula is C18H21N3O2S. The van der Waals surface area contributed by atoms with Crippen LogP contribution in [0.2, 0.25) is 0 Å². The van der Waals surface area contributed by atoms with Crippen molar-refractivity contribution in [2.24, 2.45) is 4.99 Å². The second kappa shape index (κ2) is 6.75. The van der Waals surface area contributed by atoms with E-state index < -0.39 is 10.0 Å². The van der Waals surface area contributed by atoms with Crippen LogP contribution in [0.3, 0.4) is 0 Å². The van der Waals surface area contributed by atoms with Crippen LogP contribution in [0.25, 0.3) is 0 Å². The number of fused-ring (bicyclic) bond motifs is 1. The molecule has 126 valence electrons. The molecule has 0 spiro atoms. The summed E-state index contributed by atoms with van der Waals surface area (Å²) in [5.41, 5.74) is 2.93. The van der Waals surface area contributed by atoms with Crippen molar-refractivity contribution in [1.82, 2.24) is 9.62 Å². The van der Waals surface area contributed by atoms with Gasteiger partial charge in [0.15, 0.2) is 0 Å². The molecule has 3 rings (SSSR count). The molecule has 0 radical (unpaired) electrons. The lowest BCUT2D eigenvalue weighted by atomic mass is 10.1. The Hall–Kier alpha value is -2.18. The second-order valence-corrected chi connectivity index (χ2v) is 7.57. The van der Waals surface area contributed by atoms with Gasteiger partial charge in [0.1, 0.15) is 5.84 Å². The number of hydrogen-bond donors (Lipinski definition) is 1. The number of benzene rings is 2. The van der Waals surface area contributed by atoms with E-state index in [0.717, 1.165) is 18.7 Å². The quantitative estimate of drug-likeness (QED) is 0.907. The van der Waals surface area contributed by atoms with Crippen molar-refractivity contribution in [1.29, 1.82) is 0 Å². The Labute approximate surface area is 143 Å². The number of hydrogen-bond acceptors (Lipinski definition) is 4. The van der Waals surface area contributed by atoms with Crippen molar-refractivity contribution >= 4 is 15.9 Å². The number of rotatable bonds is 5. The maximum atomic E-state index is 12.1. The predicted molar refractivity (Wildman–Crippen MR) is 95.5 cm³/mol. The topological polar surface area (TPSA) is 61.8 Å². The van der Waals surface area contributed by atoms with Crippen molar-refractivity contribution in [3.05, 3.63) is 65.2 Å². The third-order valence-electron chi connectivity index (χ3n) is 4.07. The van der Waals surface area contributed by atoms with E-state index in [1.807, 2.05) is 18.2 Å². The molecule has 6 heteroatoms. The van der Waals surface area contributed by atoms with Crippen LogP contribution in [0.15, 0.2) is 58.4 Å². The molecule has 2 aromatic carbocycles. The Morgan fingerprint density at radius 2 is 1.83 bits per heavy atom. The van der Waals surface area contributed by atoms with Crippen LogP contribution in [-0.2, 0) is 23.1 Å². The van der Waals surface area contributed by atoms with Gasteiger partial charge < -0.3 is 4.90 Å². The maximum absolute atomic E-state index is 12.1. The van der Waals surface area contributed by atoms with Gasteiger partial charge in [-0.3, -0.25) is 9.71 Å². The molecule has 5 nitrogen and oxygen atoms in total. The third-order valence-corrected chi connectivity index (χ3v) is 5.46. The van der Waals surface area contributed by atoms with Crippen LogP contribution in [0, 0.1) is 0 Å². The van der Waals surface area contributed by atoms with Crippen molar-refractivity contribution in [3.63, 3.8) is 0 Å². The Kier molecular flexibility index (Phi) is 4.69. The SMILES string of the molecule is CCN(C)Cc1cccc(CN=C2NS(=O)(=O)c3ccccc32)c1. The highest BCUT2D eigenvalue weighted by atomic mass is 32.2. The summed E-state index contributed by atoms with van der Waals surface area (Å²) in [5, 5.41) is 0. The van der Waals surface area contributed by atoms with Crippen LogP contribution in [-0.4, -0.2) is 32.7 Å². The van der Waals surface area contributed by atoms with E-state index in [1.165, 1.54) is 5.56 Å². The van der Waals surface area contributed by atoms with Gasteiger partial charge in [0.2, 0.25) is 0 Å². The first-order valence-electron chi connectivity index (χ1n) is 7.92. The zero-order valence-electron chi connectivity index (χ0n) is 13.9. The predicted octanol–water partition coefficient (Wildman–Crippen LogP) is 2.38. The van der Waals surface area contributed by atoms with Crippen LogP contribution < -0.4 is 4.72 Å². The zero-order valence-corrected chi connectivity index (χ0v) is 14.7. The molecule has 1 aliphatic heterocycles. The fourth-order valence-electron chi connectivity index (χ4n) is 2.67. The van der Waals surface area contributed by atoms with Crippen molar-refractivity contribution in [2.45, 2.75) is 24.9 Å². The monoisotopic (exact) mass is 343 g/mol. The van der Waals surface area contributed by atoms with Gasteiger partial charge in [-0.05, 0) is 36.9 Å². The van der Waals surface area contributed by atoms with Gasteiger partial charge in [-0.1, -0.05) is 43.3 Å². The van der Waals surface area contributed by atoms with E-state index in [1.54, 1.807) is 18.2 Å². The summed E-state index contributed by atoms with van der Waals surface area (Å²) in [7, 11) is -1.39. The lowest BCUT2D eigenvalue weighted by Crippen LogP contribution is -2.22. The molecule has 0 atom stereocenters. The normalized spacial score (nSPS) is 17.0. The Morgan fingerprint density at radius 3 is 2.62 bits per heavy atom. The number of nitrogens with one attached hydrogen (secondary N) is 1. The molecular weight excluding hydrogens is 322 g/mol. The molecule has 1 N–H and O–H groups in total. The molecule has 0 unspecified atom stereocenters. The van der Waals surface area contributed by atoms with Crippen LogP contribution in [0.1, 0.15) is 23.6 Å². The standard InChI is InChI=1S/C18H21N3O2S/c1-3-21(2)13-15-8-6-7-14(11-15)12-19-18-16-9-4-5-10-17(16)24(22,23)20-18/h4-11H,3,12-13H2,1-2H3,(H,19,20). The van der Waals surface area contributed by atoms with Crippen LogP contribution >= 0.6 is 0 Å². The van der Waals surface area contributed by atoms with E-state index in [0.29, 0.717) is 22.8 Å². The van der Waals surface area contributed by atoms with E-state index in [-0.39, 0.29) is 0 Å². The zero-order chi connectivity index (χ0) is 17.2. The third kappa shape index (κ3) is 3.49. The highest BCUT2D eigenvalue weighted by Gasteiger charge is 2.29. The first kappa shape index (κ1) is 16.7. The van der Waals surface area contributed by atoms with Crippen molar-refractivity contribution in [3.8, 4) is 0 Å².